The molecule has 0 saturated heterocycles. The molecule has 0 bridgehead atoms. The third-order valence-electron chi connectivity index (χ3n) is 3.66. The lowest BCUT2D eigenvalue weighted by Crippen LogP contribution is -2.07. The second-order valence-corrected chi connectivity index (χ2v) is 6.85. The summed E-state index contributed by atoms with van der Waals surface area (Å²) in [6.45, 7) is 0. The number of hydrogen-bond donors (Lipinski definition) is 2. The maximum atomic E-state index is 11.7. The molecule has 0 unspecified atom stereocenters. The molecule has 104 valence electrons. The van der Waals surface area contributed by atoms with Gasteiger partial charge in [-0.2, -0.15) is 0 Å². The van der Waals surface area contributed by atoms with Crippen molar-refractivity contribution in [2.45, 2.75) is 38.0 Å². The summed E-state index contributed by atoms with van der Waals surface area (Å²) in [5.74, 6) is 0.0724. The van der Waals surface area contributed by atoms with Gasteiger partial charge in [-0.3, -0.25) is 9.36 Å². The van der Waals surface area contributed by atoms with Crippen LogP contribution in [-0.2, 0) is 4.57 Å². The lowest BCUT2D eigenvalue weighted by molar-refractivity contribution is 0.101. The van der Waals surface area contributed by atoms with Gasteiger partial charge in [0.25, 0.3) is 0 Å². The van der Waals surface area contributed by atoms with E-state index in [1.165, 1.54) is 37.7 Å². The molecule has 0 amide bonds. The fourth-order valence-electron chi connectivity index (χ4n) is 2.66. The second kappa shape index (κ2) is 6.00. The maximum absolute atomic E-state index is 11.7. The zero-order chi connectivity index (χ0) is 13.9. The smallest absolute Gasteiger partial charge is 0.324 e. The van der Waals surface area contributed by atoms with Gasteiger partial charge in [-0.15, -0.1) is 0 Å². The van der Waals surface area contributed by atoms with E-state index in [4.69, 9.17) is 9.79 Å². The van der Waals surface area contributed by atoms with Gasteiger partial charge >= 0.3 is 7.60 Å². The van der Waals surface area contributed by atoms with Crippen molar-refractivity contribution < 1.29 is 19.1 Å². The van der Waals surface area contributed by atoms with E-state index in [1.54, 1.807) is 12.1 Å². The van der Waals surface area contributed by atoms with E-state index in [-0.39, 0.29) is 0 Å². The van der Waals surface area contributed by atoms with Crippen molar-refractivity contribution in [3.63, 3.8) is 0 Å². The van der Waals surface area contributed by atoms with E-state index in [0.717, 1.165) is 0 Å². The fourth-order valence-corrected chi connectivity index (χ4v) is 3.21. The molecule has 2 N–H and O–H groups in total. The molecule has 2 rings (SSSR count). The van der Waals surface area contributed by atoms with E-state index in [9.17, 15) is 9.36 Å². The first kappa shape index (κ1) is 14.4. The molecular weight excluding hydrogens is 263 g/mol. The van der Waals surface area contributed by atoms with Crippen molar-refractivity contribution in [2.75, 3.05) is 6.16 Å². The molecule has 19 heavy (non-hydrogen) atoms. The van der Waals surface area contributed by atoms with Crippen LogP contribution >= 0.6 is 7.60 Å². The van der Waals surface area contributed by atoms with Gasteiger partial charge in [0.2, 0.25) is 0 Å². The van der Waals surface area contributed by atoms with Gasteiger partial charge in [-0.25, -0.2) is 0 Å². The average Bonchev–Trinajstić information content (AvgIpc) is 2.38. The number of ketones is 1. The molecule has 4 nitrogen and oxygen atoms in total. The molecule has 1 aliphatic rings. The minimum absolute atomic E-state index is 0.378. The quantitative estimate of drug-likeness (QED) is 0.657. The normalized spacial score (nSPS) is 17.4. The highest BCUT2D eigenvalue weighted by molar-refractivity contribution is 7.52. The first-order valence-corrected chi connectivity index (χ1v) is 8.43. The molecule has 1 aromatic carbocycles. The van der Waals surface area contributed by atoms with Crippen molar-refractivity contribution in [3.8, 4) is 0 Å². The SMILES string of the molecule is O=C(CP(=O)(O)O)c1ccc(C2CCCCC2)cc1. The summed E-state index contributed by atoms with van der Waals surface area (Å²) in [5.41, 5.74) is 1.61. The van der Waals surface area contributed by atoms with E-state index in [1.807, 2.05) is 12.1 Å². The first-order chi connectivity index (χ1) is 8.96. The van der Waals surface area contributed by atoms with Crippen LogP contribution in [0, 0.1) is 0 Å². The zero-order valence-electron chi connectivity index (χ0n) is 10.8. The van der Waals surface area contributed by atoms with Gasteiger partial charge in [0.05, 0.1) is 0 Å². The van der Waals surface area contributed by atoms with Crippen molar-refractivity contribution in [3.05, 3.63) is 35.4 Å². The van der Waals surface area contributed by atoms with E-state index in [0.29, 0.717) is 11.5 Å². The van der Waals surface area contributed by atoms with Gasteiger partial charge in [0.15, 0.2) is 5.78 Å². The average molecular weight is 282 g/mol. The molecule has 0 radical (unpaired) electrons. The van der Waals surface area contributed by atoms with Crippen LogP contribution in [0.2, 0.25) is 0 Å². The zero-order valence-corrected chi connectivity index (χ0v) is 11.7. The van der Waals surface area contributed by atoms with Gasteiger partial charge in [-0.1, -0.05) is 43.5 Å². The second-order valence-electron chi connectivity index (χ2n) is 5.20. The Morgan fingerprint density at radius 1 is 1.11 bits per heavy atom. The number of benzene rings is 1. The summed E-state index contributed by atoms with van der Waals surface area (Å²) >= 11 is 0. The highest BCUT2D eigenvalue weighted by atomic mass is 31.2. The molecule has 0 aliphatic heterocycles. The summed E-state index contributed by atoms with van der Waals surface area (Å²) < 4.78 is 10.8. The largest absolute Gasteiger partial charge is 0.333 e. The van der Waals surface area contributed by atoms with Gasteiger partial charge in [-0.05, 0) is 24.3 Å². The summed E-state index contributed by atoms with van der Waals surface area (Å²) in [5, 5.41) is 0. The number of hydrogen-bond acceptors (Lipinski definition) is 2. The number of carbonyl (C=O) groups is 1. The predicted molar refractivity (Wildman–Crippen MR) is 73.5 cm³/mol. The Kier molecular flexibility index (Phi) is 4.56. The Labute approximate surface area is 113 Å². The predicted octanol–water partition coefficient (Wildman–Crippen LogP) is 3.09. The van der Waals surface area contributed by atoms with Gasteiger partial charge in [0.1, 0.15) is 6.16 Å². The van der Waals surface area contributed by atoms with Crippen LogP contribution in [0.5, 0.6) is 0 Å². The van der Waals surface area contributed by atoms with Crippen molar-refractivity contribution in [2.24, 2.45) is 0 Å². The highest BCUT2D eigenvalue weighted by Gasteiger charge is 2.21. The molecule has 0 spiro atoms. The van der Waals surface area contributed by atoms with Crippen LogP contribution < -0.4 is 0 Å². The highest BCUT2D eigenvalue weighted by Crippen LogP contribution is 2.35. The number of rotatable bonds is 4. The van der Waals surface area contributed by atoms with Crippen LogP contribution in [-0.4, -0.2) is 21.7 Å². The molecule has 0 aromatic heterocycles. The summed E-state index contributed by atoms with van der Waals surface area (Å²) in [6.07, 6.45) is 5.48. The Bertz CT molecular complexity index is 483. The molecule has 5 heteroatoms. The van der Waals surface area contributed by atoms with Crippen LogP contribution in [0.15, 0.2) is 24.3 Å². The molecule has 1 saturated carbocycles. The third-order valence-corrected chi connectivity index (χ3v) is 4.36. The topological polar surface area (TPSA) is 74.6 Å². The molecule has 1 aromatic rings. The third kappa shape index (κ3) is 4.27. The van der Waals surface area contributed by atoms with Crippen LogP contribution in [0.1, 0.15) is 53.9 Å². The Morgan fingerprint density at radius 2 is 1.68 bits per heavy atom. The minimum Gasteiger partial charge on any atom is -0.324 e. The van der Waals surface area contributed by atoms with E-state index in [2.05, 4.69) is 0 Å². The molecule has 0 heterocycles. The van der Waals surface area contributed by atoms with Crippen LogP contribution in [0.4, 0.5) is 0 Å². The summed E-state index contributed by atoms with van der Waals surface area (Å²) in [4.78, 5) is 29.3. The Balaban J connectivity index is 2.05. The molecular formula is C14H19O4P. The minimum atomic E-state index is -4.28. The lowest BCUT2D eigenvalue weighted by atomic mass is 9.84. The number of Topliss-reactive ketones (excluding diaryl/α,β-unsaturated/α-hetero) is 1. The van der Waals surface area contributed by atoms with E-state index >= 15 is 0 Å². The summed E-state index contributed by atoms with van der Waals surface area (Å²) in [6, 6.07) is 7.20. The summed E-state index contributed by atoms with van der Waals surface area (Å²) in [7, 11) is -4.28. The standard InChI is InChI=1S/C14H19O4P/c15-14(10-19(16,17)18)13-8-6-12(7-9-13)11-4-2-1-3-5-11/h6-9,11H,1-5,10H2,(H2,16,17,18). The maximum Gasteiger partial charge on any atom is 0.333 e. The molecule has 1 aliphatic carbocycles. The van der Waals surface area contributed by atoms with Crippen molar-refractivity contribution in [1.82, 2.24) is 0 Å². The Morgan fingerprint density at radius 3 is 2.21 bits per heavy atom. The number of carbonyl (C=O) groups excluding carboxylic acids is 1. The fraction of sp³-hybridized carbons (Fsp3) is 0.500. The lowest BCUT2D eigenvalue weighted by Gasteiger charge is -2.22. The van der Waals surface area contributed by atoms with Gasteiger partial charge < -0.3 is 9.79 Å². The Hall–Kier alpha value is -0.960. The van der Waals surface area contributed by atoms with Crippen LogP contribution in [0.25, 0.3) is 0 Å². The first-order valence-electron chi connectivity index (χ1n) is 6.63. The van der Waals surface area contributed by atoms with Crippen LogP contribution in [0.3, 0.4) is 0 Å². The molecule has 0 atom stereocenters. The molecule has 1 fully saturated rings. The van der Waals surface area contributed by atoms with Gasteiger partial charge in [0, 0.05) is 5.56 Å². The van der Waals surface area contributed by atoms with Crippen molar-refractivity contribution >= 4 is 13.4 Å². The monoisotopic (exact) mass is 282 g/mol. The van der Waals surface area contributed by atoms with E-state index < -0.39 is 19.5 Å². The van der Waals surface area contributed by atoms with Crippen molar-refractivity contribution in [1.29, 1.82) is 0 Å².